The Balaban J connectivity index is 2.35. The molecule has 1 aliphatic heterocycles. The fourth-order valence-corrected chi connectivity index (χ4v) is 1.61. The largest absolute Gasteiger partial charge is 0.449 e. The number of ether oxygens (including phenoxy) is 1. The average Bonchev–Trinajstić information content (AvgIpc) is 2.47. The van der Waals surface area contributed by atoms with Gasteiger partial charge >= 0.3 is 6.09 Å². The zero-order chi connectivity index (χ0) is 12.3. The molecule has 0 radical (unpaired) electrons. The number of rotatable bonds is 1. The highest BCUT2D eigenvalue weighted by Gasteiger charge is 2.17. The summed E-state index contributed by atoms with van der Waals surface area (Å²) >= 11 is 0. The lowest BCUT2D eigenvalue weighted by atomic mass is 10.2. The quantitative estimate of drug-likeness (QED) is 0.743. The number of hydrogen-bond acceptors (Lipinski definition) is 3. The maximum Gasteiger partial charge on any atom is 0.419 e. The molecule has 1 aromatic carbocycles. The van der Waals surface area contributed by atoms with Gasteiger partial charge in [-0.3, -0.25) is 0 Å². The lowest BCUT2D eigenvalue weighted by Crippen LogP contribution is -2.30. The second-order valence-corrected chi connectivity index (χ2v) is 3.60. The summed E-state index contributed by atoms with van der Waals surface area (Å²) in [7, 11) is 0. The van der Waals surface area contributed by atoms with E-state index >= 15 is 0 Å². The first kappa shape index (κ1) is 11.4. The van der Waals surface area contributed by atoms with Gasteiger partial charge in [0.05, 0.1) is 12.3 Å². The molecule has 0 saturated heterocycles. The van der Waals surface area contributed by atoms with E-state index in [9.17, 15) is 4.79 Å². The predicted octanol–water partition coefficient (Wildman–Crippen LogP) is 3.18. The summed E-state index contributed by atoms with van der Waals surface area (Å²) in [6, 6.07) is 7.73. The standard InChI is InChI=1S/C13H14N2O2/c1-3-17-13(16)15-9-8-11-6-4-5-7-12(11)14-10(15)2/h4-9H,3H2,1-2H3. The molecule has 0 aromatic heterocycles. The minimum absolute atomic E-state index is 0.351. The van der Waals surface area contributed by atoms with Crippen molar-refractivity contribution in [2.75, 3.05) is 6.61 Å². The lowest BCUT2D eigenvalue weighted by molar-refractivity contribution is 0.137. The van der Waals surface area contributed by atoms with Gasteiger partial charge in [-0.15, -0.1) is 0 Å². The molecule has 0 unspecified atom stereocenters. The van der Waals surface area contributed by atoms with Crippen molar-refractivity contribution in [2.24, 2.45) is 4.99 Å². The molecule has 1 heterocycles. The van der Waals surface area contributed by atoms with Crippen LogP contribution in [0.3, 0.4) is 0 Å². The van der Waals surface area contributed by atoms with Crippen LogP contribution in [0.4, 0.5) is 10.5 Å². The Labute approximate surface area is 100 Å². The van der Waals surface area contributed by atoms with Gasteiger partial charge in [0.15, 0.2) is 0 Å². The second kappa shape index (κ2) is 4.82. The second-order valence-electron chi connectivity index (χ2n) is 3.60. The number of amides is 1. The van der Waals surface area contributed by atoms with E-state index in [1.165, 1.54) is 4.90 Å². The number of hydrogen-bond donors (Lipinski definition) is 0. The van der Waals surface area contributed by atoms with Crippen LogP contribution in [-0.4, -0.2) is 23.4 Å². The molecule has 1 aromatic rings. The monoisotopic (exact) mass is 230 g/mol. The Morgan fingerprint density at radius 1 is 1.41 bits per heavy atom. The van der Waals surface area contributed by atoms with E-state index in [2.05, 4.69) is 4.99 Å². The number of amidine groups is 1. The molecule has 4 heteroatoms. The molecule has 17 heavy (non-hydrogen) atoms. The van der Waals surface area contributed by atoms with Crippen LogP contribution in [0.15, 0.2) is 35.5 Å². The Kier molecular flexibility index (Phi) is 3.23. The Morgan fingerprint density at radius 3 is 2.94 bits per heavy atom. The minimum Gasteiger partial charge on any atom is -0.449 e. The number of aliphatic imine (C=N–C) groups is 1. The van der Waals surface area contributed by atoms with Gasteiger partial charge in [0.25, 0.3) is 0 Å². The van der Waals surface area contributed by atoms with Crippen molar-refractivity contribution < 1.29 is 9.53 Å². The van der Waals surface area contributed by atoms with Crippen molar-refractivity contribution in [3.63, 3.8) is 0 Å². The van der Waals surface area contributed by atoms with E-state index in [1.54, 1.807) is 20.0 Å². The van der Waals surface area contributed by atoms with Gasteiger partial charge in [0, 0.05) is 11.8 Å². The van der Waals surface area contributed by atoms with Crippen molar-refractivity contribution in [2.45, 2.75) is 13.8 Å². The van der Waals surface area contributed by atoms with Crippen LogP contribution in [0.2, 0.25) is 0 Å². The highest BCUT2D eigenvalue weighted by Crippen LogP contribution is 2.23. The number of nitrogens with zero attached hydrogens (tertiary/aromatic N) is 2. The molecule has 0 fully saturated rings. The van der Waals surface area contributed by atoms with E-state index in [0.717, 1.165) is 11.3 Å². The summed E-state index contributed by atoms with van der Waals surface area (Å²) in [5, 5.41) is 0. The van der Waals surface area contributed by atoms with E-state index < -0.39 is 6.09 Å². The van der Waals surface area contributed by atoms with Crippen LogP contribution < -0.4 is 0 Å². The molecule has 0 saturated carbocycles. The minimum atomic E-state index is -0.405. The summed E-state index contributed by atoms with van der Waals surface area (Å²) in [5.41, 5.74) is 1.84. The Bertz CT molecular complexity index is 492. The number of fused-ring (bicyclic) bond motifs is 1. The van der Waals surface area contributed by atoms with Crippen molar-refractivity contribution in [1.29, 1.82) is 0 Å². The van der Waals surface area contributed by atoms with E-state index in [-0.39, 0.29) is 0 Å². The maximum absolute atomic E-state index is 11.7. The lowest BCUT2D eigenvalue weighted by Gasteiger charge is -2.15. The molecule has 88 valence electrons. The summed E-state index contributed by atoms with van der Waals surface area (Å²) in [6.07, 6.45) is 3.13. The van der Waals surface area contributed by atoms with Gasteiger partial charge < -0.3 is 4.74 Å². The molecule has 0 aliphatic carbocycles. The van der Waals surface area contributed by atoms with Crippen LogP contribution in [0.5, 0.6) is 0 Å². The molecule has 4 nitrogen and oxygen atoms in total. The average molecular weight is 230 g/mol. The third kappa shape index (κ3) is 2.36. The smallest absolute Gasteiger partial charge is 0.419 e. The number of carbonyl (C=O) groups excluding carboxylic acids is 1. The third-order valence-corrected chi connectivity index (χ3v) is 2.44. The van der Waals surface area contributed by atoms with Crippen molar-refractivity contribution >= 4 is 23.7 Å². The van der Waals surface area contributed by atoms with E-state index in [4.69, 9.17) is 4.74 Å². The normalized spacial score (nSPS) is 13.8. The van der Waals surface area contributed by atoms with Gasteiger partial charge in [0.2, 0.25) is 0 Å². The summed E-state index contributed by atoms with van der Waals surface area (Å²) in [6.45, 7) is 3.91. The first-order chi connectivity index (χ1) is 8.22. The molecule has 2 rings (SSSR count). The maximum atomic E-state index is 11.7. The molecular weight excluding hydrogens is 216 g/mol. The van der Waals surface area contributed by atoms with Gasteiger partial charge in [0.1, 0.15) is 5.84 Å². The fraction of sp³-hybridized carbons (Fsp3) is 0.231. The molecule has 0 bridgehead atoms. The van der Waals surface area contributed by atoms with E-state index in [0.29, 0.717) is 12.4 Å². The molecule has 1 aliphatic rings. The van der Waals surface area contributed by atoms with Crippen LogP contribution in [0.1, 0.15) is 19.4 Å². The van der Waals surface area contributed by atoms with Crippen LogP contribution >= 0.6 is 0 Å². The highest BCUT2D eigenvalue weighted by molar-refractivity contribution is 5.98. The first-order valence-corrected chi connectivity index (χ1v) is 5.51. The third-order valence-electron chi connectivity index (χ3n) is 2.44. The zero-order valence-corrected chi connectivity index (χ0v) is 9.88. The van der Waals surface area contributed by atoms with Crippen molar-refractivity contribution in [1.82, 2.24) is 4.90 Å². The van der Waals surface area contributed by atoms with Gasteiger partial charge in [-0.2, -0.15) is 0 Å². The number of para-hydroxylation sites is 1. The fourth-order valence-electron chi connectivity index (χ4n) is 1.61. The van der Waals surface area contributed by atoms with Gasteiger partial charge in [-0.05, 0) is 26.0 Å². The van der Waals surface area contributed by atoms with E-state index in [1.807, 2.05) is 30.3 Å². The van der Waals surface area contributed by atoms with Crippen LogP contribution in [0.25, 0.3) is 6.08 Å². The molecule has 0 N–H and O–H groups in total. The number of carbonyl (C=O) groups is 1. The molecule has 0 spiro atoms. The molecule has 1 amide bonds. The number of benzene rings is 1. The van der Waals surface area contributed by atoms with Crippen LogP contribution in [-0.2, 0) is 4.74 Å². The van der Waals surface area contributed by atoms with Gasteiger partial charge in [-0.1, -0.05) is 18.2 Å². The highest BCUT2D eigenvalue weighted by atomic mass is 16.6. The Hall–Kier alpha value is -2.10. The summed E-state index contributed by atoms with van der Waals surface area (Å²) in [4.78, 5) is 17.5. The van der Waals surface area contributed by atoms with Gasteiger partial charge in [-0.25, -0.2) is 14.7 Å². The van der Waals surface area contributed by atoms with Crippen LogP contribution in [0, 0.1) is 0 Å². The predicted molar refractivity (Wildman–Crippen MR) is 67.1 cm³/mol. The zero-order valence-electron chi connectivity index (χ0n) is 9.88. The van der Waals surface area contributed by atoms with Crippen molar-refractivity contribution in [3.05, 3.63) is 36.0 Å². The SMILES string of the molecule is CCOC(=O)N1C=Cc2ccccc2N=C1C. The molecular formula is C13H14N2O2. The Morgan fingerprint density at radius 2 is 2.18 bits per heavy atom. The summed E-state index contributed by atoms with van der Waals surface area (Å²) < 4.78 is 4.96. The summed E-state index contributed by atoms with van der Waals surface area (Å²) in [5.74, 6) is 0.602. The first-order valence-electron chi connectivity index (χ1n) is 5.51. The molecule has 0 atom stereocenters. The topological polar surface area (TPSA) is 41.9 Å². The van der Waals surface area contributed by atoms with Crippen molar-refractivity contribution in [3.8, 4) is 0 Å².